The van der Waals surface area contributed by atoms with Crippen LogP contribution in [0.4, 0.5) is 0 Å². The molecule has 0 radical (unpaired) electrons. The highest BCUT2D eigenvalue weighted by Gasteiger charge is 2.52. The summed E-state index contributed by atoms with van der Waals surface area (Å²) < 4.78 is 12.0. The fourth-order valence-electron chi connectivity index (χ4n) is 1.98. The minimum Gasteiger partial charge on any atom is -0.399 e. The van der Waals surface area contributed by atoms with Crippen LogP contribution >= 0.6 is 0 Å². The van der Waals surface area contributed by atoms with E-state index < -0.39 is 0 Å². The first kappa shape index (κ1) is 11.8. The Morgan fingerprint density at radius 2 is 1.83 bits per heavy atom. The highest BCUT2D eigenvalue weighted by atomic mass is 16.8. The lowest BCUT2D eigenvalue weighted by atomic mass is 9.77. The average molecular weight is 248 g/mol. The Morgan fingerprint density at radius 3 is 2.50 bits per heavy atom. The maximum atomic E-state index is 6.00. The van der Waals surface area contributed by atoms with Crippen LogP contribution in [0.5, 0.6) is 0 Å². The number of nitrogens with one attached hydrogen (secondary N) is 1. The van der Waals surface area contributed by atoms with Crippen molar-refractivity contribution in [1.82, 2.24) is 10.5 Å². The van der Waals surface area contributed by atoms with Gasteiger partial charge in [-0.15, -0.1) is 0 Å². The van der Waals surface area contributed by atoms with Crippen LogP contribution in [0, 0.1) is 0 Å². The summed E-state index contributed by atoms with van der Waals surface area (Å²) in [5.74, 6) is 0. The summed E-state index contributed by atoms with van der Waals surface area (Å²) in [4.78, 5) is 5.13. The first-order valence-electron chi connectivity index (χ1n) is 6.06. The molecule has 1 N–H and O–H groups in total. The molecule has 18 heavy (non-hydrogen) atoms. The molecule has 3 rings (SSSR count). The number of hydrogen-bond donors (Lipinski definition) is 1. The van der Waals surface area contributed by atoms with E-state index in [9.17, 15) is 0 Å². The summed E-state index contributed by atoms with van der Waals surface area (Å²) in [6.45, 7) is 8.19. The van der Waals surface area contributed by atoms with Gasteiger partial charge in [0.15, 0.2) is 0 Å². The van der Waals surface area contributed by atoms with Crippen LogP contribution in [0.1, 0.15) is 27.7 Å². The van der Waals surface area contributed by atoms with Gasteiger partial charge in [0.25, 0.3) is 0 Å². The third kappa shape index (κ3) is 1.68. The average Bonchev–Trinajstić information content (AvgIpc) is 2.80. The first-order valence-corrected chi connectivity index (χ1v) is 6.06. The molecule has 0 aliphatic carbocycles. The van der Waals surface area contributed by atoms with Crippen LogP contribution in [0.25, 0.3) is 0 Å². The topological polar surface area (TPSA) is 43.0 Å². The number of hydroxylamine groups is 3. The summed E-state index contributed by atoms with van der Waals surface area (Å²) in [5.41, 5.74) is 3.98. The Hall–Kier alpha value is -1.24. The lowest BCUT2D eigenvalue weighted by molar-refractivity contribution is -0.112. The second kappa shape index (κ2) is 3.63. The van der Waals surface area contributed by atoms with Crippen LogP contribution in [-0.4, -0.2) is 23.4 Å². The van der Waals surface area contributed by atoms with Crippen LogP contribution in [0.2, 0.25) is 0 Å². The molecule has 0 atom stereocenters. The van der Waals surface area contributed by atoms with E-state index in [4.69, 9.17) is 14.2 Å². The molecule has 0 amide bonds. The van der Waals surface area contributed by atoms with Crippen molar-refractivity contribution in [3.05, 3.63) is 35.7 Å². The molecular weight excluding hydrogens is 231 g/mol. The van der Waals surface area contributed by atoms with Gasteiger partial charge >= 0.3 is 7.12 Å². The van der Waals surface area contributed by atoms with Crippen molar-refractivity contribution in [3.8, 4) is 0 Å². The molecule has 0 aromatic carbocycles. The molecule has 6 heteroatoms. The van der Waals surface area contributed by atoms with Gasteiger partial charge in [-0.3, -0.25) is 0 Å². The van der Waals surface area contributed by atoms with Crippen molar-refractivity contribution in [1.29, 1.82) is 0 Å². The Morgan fingerprint density at radius 1 is 1.17 bits per heavy atom. The van der Waals surface area contributed by atoms with E-state index in [0.717, 1.165) is 11.2 Å². The molecule has 3 aliphatic rings. The van der Waals surface area contributed by atoms with E-state index in [0.29, 0.717) is 0 Å². The summed E-state index contributed by atoms with van der Waals surface area (Å²) >= 11 is 0. The molecule has 0 unspecified atom stereocenters. The van der Waals surface area contributed by atoms with Crippen molar-refractivity contribution in [2.75, 3.05) is 0 Å². The van der Waals surface area contributed by atoms with Crippen molar-refractivity contribution >= 4 is 7.12 Å². The summed E-state index contributed by atoms with van der Waals surface area (Å²) in [6.07, 6.45) is 7.55. The lowest BCUT2D eigenvalue weighted by Gasteiger charge is -2.32. The largest absolute Gasteiger partial charge is 0.494 e. The Bertz CT molecular complexity index is 452. The summed E-state index contributed by atoms with van der Waals surface area (Å²) in [5, 5.41) is 1.65. The molecule has 1 fully saturated rings. The SMILES string of the molecule is CC1(C)OB(C2=CC3=CNON3C=C2)OC1(C)C. The standard InChI is InChI=1S/C12H17BN2O3/c1-11(2)12(3,4)17-13(16-11)9-5-6-15-10(7-9)8-14-18-15/h5-8,14H,1-4H3. The van der Waals surface area contributed by atoms with Gasteiger partial charge in [-0.2, -0.15) is 4.94 Å². The minimum absolute atomic E-state index is 0.317. The maximum absolute atomic E-state index is 6.00. The van der Waals surface area contributed by atoms with Crippen LogP contribution < -0.4 is 5.48 Å². The van der Waals surface area contributed by atoms with E-state index in [1.807, 2.05) is 46.0 Å². The second-order valence-electron chi connectivity index (χ2n) is 5.65. The molecule has 0 aromatic heterocycles. The van der Waals surface area contributed by atoms with Crippen molar-refractivity contribution in [2.45, 2.75) is 38.9 Å². The van der Waals surface area contributed by atoms with Gasteiger partial charge in [-0.05, 0) is 45.3 Å². The van der Waals surface area contributed by atoms with Gasteiger partial charge < -0.3 is 9.31 Å². The fourth-order valence-corrected chi connectivity index (χ4v) is 1.98. The normalized spacial score (nSPS) is 27.8. The molecule has 0 spiro atoms. The first-order chi connectivity index (χ1) is 8.39. The van der Waals surface area contributed by atoms with E-state index in [1.54, 1.807) is 11.3 Å². The van der Waals surface area contributed by atoms with Gasteiger partial charge in [0.05, 0.1) is 23.1 Å². The van der Waals surface area contributed by atoms with Crippen molar-refractivity contribution in [3.63, 3.8) is 0 Å². The predicted octanol–water partition coefficient (Wildman–Crippen LogP) is 1.66. The smallest absolute Gasteiger partial charge is 0.399 e. The molecule has 3 aliphatic heterocycles. The Kier molecular flexibility index (Phi) is 2.39. The van der Waals surface area contributed by atoms with Gasteiger partial charge in [0.1, 0.15) is 0 Å². The third-order valence-corrected chi connectivity index (χ3v) is 3.85. The Balaban J connectivity index is 1.84. The van der Waals surface area contributed by atoms with Crippen molar-refractivity contribution in [2.24, 2.45) is 0 Å². The fraction of sp³-hybridized carbons (Fsp3) is 0.500. The minimum atomic E-state index is -0.338. The lowest BCUT2D eigenvalue weighted by Crippen LogP contribution is -2.41. The molecule has 5 nitrogen and oxygen atoms in total. The van der Waals surface area contributed by atoms with Crippen LogP contribution in [0.15, 0.2) is 35.7 Å². The quantitative estimate of drug-likeness (QED) is 0.715. The molecular formula is C12H17BN2O3. The van der Waals surface area contributed by atoms with Crippen LogP contribution in [-0.2, 0) is 14.2 Å². The highest BCUT2D eigenvalue weighted by Crippen LogP contribution is 2.39. The molecule has 96 valence electrons. The molecule has 0 bridgehead atoms. The number of rotatable bonds is 1. The summed E-state index contributed by atoms with van der Waals surface area (Å²) in [7, 11) is -0.338. The molecule has 0 aromatic rings. The van der Waals surface area contributed by atoms with Crippen molar-refractivity contribution < 1.29 is 14.2 Å². The second-order valence-corrected chi connectivity index (χ2v) is 5.65. The molecule has 1 saturated heterocycles. The van der Waals surface area contributed by atoms with Gasteiger partial charge in [-0.1, -0.05) is 0 Å². The third-order valence-electron chi connectivity index (χ3n) is 3.85. The van der Waals surface area contributed by atoms with E-state index in [1.165, 1.54) is 0 Å². The van der Waals surface area contributed by atoms with Gasteiger partial charge in [-0.25, -0.2) is 10.5 Å². The van der Waals surface area contributed by atoms with E-state index in [-0.39, 0.29) is 18.3 Å². The van der Waals surface area contributed by atoms with Crippen LogP contribution in [0.3, 0.4) is 0 Å². The highest BCUT2D eigenvalue weighted by molar-refractivity contribution is 6.55. The number of nitrogens with zero attached hydrogens (tertiary/aromatic N) is 1. The predicted molar refractivity (Wildman–Crippen MR) is 67.4 cm³/mol. The van der Waals surface area contributed by atoms with E-state index in [2.05, 4.69) is 5.48 Å². The maximum Gasteiger partial charge on any atom is 0.494 e. The Labute approximate surface area is 107 Å². The molecule has 3 heterocycles. The van der Waals surface area contributed by atoms with Gasteiger partial charge in [0, 0.05) is 6.20 Å². The van der Waals surface area contributed by atoms with Gasteiger partial charge in [0.2, 0.25) is 0 Å². The number of hydrogen-bond acceptors (Lipinski definition) is 5. The summed E-state index contributed by atoms with van der Waals surface area (Å²) in [6, 6.07) is 0. The van der Waals surface area contributed by atoms with E-state index >= 15 is 0 Å². The number of fused-ring (bicyclic) bond motifs is 1. The number of allylic oxidation sites excluding steroid dienone is 3. The zero-order chi connectivity index (χ0) is 13.0. The monoisotopic (exact) mass is 248 g/mol. The zero-order valence-corrected chi connectivity index (χ0v) is 11.1. The zero-order valence-electron chi connectivity index (χ0n) is 11.1. The molecule has 0 saturated carbocycles.